The molecule has 0 heterocycles. The number of hydrogen-bond acceptors (Lipinski definition) is 1. The van der Waals surface area contributed by atoms with Crippen LogP contribution < -0.4 is 0 Å². The maximum atomic E-state index is 13.4. The van der Waals surface area contributed by atoms with E-state index in [0.29, 0.717) is 5.56 Å². The topological polar surface area (TPSA) is 20.2 Å². The maximum Gasteiger partial charge on any atom is 0.123 e. The van der Waals surface area contributed by atoms with E-state index in [-0.39, 0.29) is 5.82 Å². The molecule has 3 heteroatoms. The molecule has 19 heavy (non-hydrogen) atoms. The highest BCUT2D eigenvalue weighted by atomic mass is 79.9. The molecule has 0 radical (unpaired) electrons. The molecule has 0 aliphatic heterocycles. The fourth-order valence-electron chi connectivity index (χ4n) is 2.20. The van der Waals surface area contributed by atoms with Crippen molar-refractivity contribution in [2.45, 2.75) is 26.9 Å². The first-order valence-corrected chi connectivity index (χ1v) is 6.89. The van der Waals surface area contributed by atoms with E-state index in [1.54, 1.807) is 0 Å². The number of aryl methyl sites for hydroxylation is 3. The zero-order valence-corrected chi connectivity index (χ0v) is 12.8. The number of halogens is 2. The molecule has 0 spiro atoms. The average Bonchev–Trinajstić information content (AvgIpc) is 2.31. The Morgan fingerprint density at radius 1 is 1.00 bits per heavy atom. The van der Waals surface area contributed by atoms with E-state index >= 15 is 0 Å². The summed E-state index contributed by atoms with van der Waals surface area (Å²) in [5, 5.41) is 10.5. The Hall–Kier alpha value is -1.19. The summed E-state index contributed by atoms with van der Waals surface area (Å²) in [6.07, 6.45) is -0.804. The average molecular weight is 323 g/mol. The van der Waals surface area contributed by atoms with Crippen molar-refractivity contribution < 1.29 is 9.50 Å². The summed E-state index contributed by atoms with van der Waals surface area (Å²) in [5.41, 5.74) is 4.23. The van der Waals surface area contributed by atoms with E-state index in [2.05, 4.69) is 15.9 Å². The van der Waals surface area contributed by atoms with Crippen LogP contribution in [-0.2, 0) is 0 Å². The molecule has 2 rings (SSSR count). The van der Waals surface area contributed by atoms with Gasteiger partial charge in [-0.3, -0.25) is 0 Å². The lowest BCUT2D eigenvalue weighted by Crippen LogP contribution is -2.04. The molecule has 1 N–H and O–H groups in total. The van der Waals surface area contributed by atoms with E-state index in [4.69, 9.17) is 0 Å². The monoisotopic (exact) mass is 322 g/mol. The van der Waals surface area contributed by atoms with Crippen molar-refractivity contribution in [3.8, 4) is 0 Å². The predicted molar refractivity (Wildman–Crippen MR) is 78.8 cm³/mol. The second-order valence-corrected chi connectivity index (χ2v) is 5.78. The van der Waals surface area contributed by atoms with Gasteiger partial charge in [-0.25, -0.2) is 4.39 Å². The van der Waals surface area contributed by atoms with Crippen molar-refractivity contribution in [3.63, 3.8) is 0 Å². The summed E-state index contributed by atoms with van der Waals surface area (Å²) in [4.78, 5) is 0. The Kier molecular flexibility index (Phi) is 4.07. The van der Waals surface area contributed by atoms with Gasteiger partial charge < -0.3 is 5.11 Å². The van der Waals surface area contributed by atoms with Crippen LogP contribution in [0.5, 0.6) is 0 Å². The van der Waals surface area contributed by atoms with Gasteiger partial charge in [0, 0.05) is 4.47 Å². The minimum absolute atomic E-state index is 0.319. The first-order valence-electron chi connectivity index (χ1n) is 6.10. The van der Waals surface area contributed by atoms with Crippen molar-refractivity contribution in [3.05, 3.63) is 68.4 Å². The molecule has 0 aromatic heterocycles. The third-order valence-corrected chi connectivity index (χ3v) is 4.08. The van der Waals surface area contributed by atoms with Gasteiger partial charge in [-0.1, -0.05) is 28.1 Å². The number of hydrogen-bond donors (Lipinski definition) is 1. The van der Waals surface area contributed by atoms with Crippen molar-refractivity contribution in [2.75, 3.05) is 0 Å². The highest BCUT2D eigenvalue weighted by molar-refractivity contribution is 9.10. The molecule has 1 nitrogen and oxygen atoms in total. The molecule has 2 aromatic rings. The van der Waals surface area contributed by atoms with Gasteiger partial charge in [-0.05, 0) is 66.8 Å². The van der Waals surface area contributed by atoms with E-state index in [9.17, 15) is 9.50 Å². The second-order valence-electron chi connectivity index (χ2n) is 4.92. The van der Waals surface area contributed by atoms with Crippen LogP contribution in [0.3, 0.4) is 0 Å². The molecule has 100 valence electrons. The molecule has 1 atom stereocenters. The molecule has 0 amide bonds. The highest BCUT2D eigenvalue weighted by Gasteiger charge is 2.15. The summed E-state index contributed by atoms with van der Waals surface area (Å²) in [6, 6.07) is 8.55. The number of aliphatic hydroxyl groups is 1. The zero-order chi connectivity index (χ0) is 14.2. The van der Waals surface area contributed by atoms with Gasteiger partial charge in [0.2, 0.25) is 0 Å². The van der Waals surface area contributed by atoms with Crippen molar-refractivity contribution >= 4 is 15.9 Å². The molecule has 0 fully saturated rings. The Morgan fingerprint density at radius 2 is 1.68 bits per heavy atom. The number of aliphatic hydroxyl groups excluding tert-OH is 1. The van der Waals surface area contributed by atoms with Gasteiger partial charge in [0.05, 0.1) is 0 Å². The SMILES string of the molecule is Cc1cc(F)cc(C(O)c2cc(C)c(Br)cc2C)c1. The quantitative estimate of drug-likeness (QED) is 0.857. The smallest absolute Gasteiger partial charge is 0.123 e. The first kappa shape index (κ1) is 14.2. The summed E-state index contributed by atoms with van der Waals surface area (Å²) in [6.45, 7) is 5.73. The summed E-state index contributed by atoms with van der Waals surface area (Å²) in [7, 11) is 0. The van der Waals surface area contributed by atoms with Crippen LogP contribution in [0, 0.1) is 26.6 Å². The molecule has 0 saturated heterocycles. The standard InChI is InChI=1S/C16H16BrFO/c1-9-4-12(8-13(18)5-9)16(19)14-6-11(3)15(17)7-10(14)2/h4-8,16,19H,1-3H3. The van der Waals surface area contributed by atoms with Crippen LogP contribution in [0.4, 0.5) is 4.39 Å². The number of rotatable bonds is 2. The second kappa shape index (κ2) is 5.43. The Balaban J connectivity index is 2.49. The van der Waals surface area contributed by atoms with Crippen molar-refractivity contribution in [1.29, 1.82) is 0 Å². The van der Waals surface area contributed by atoms with Gasteiger partial charge in [0.25, 0.3) is 0 Å². The van der Waals surface area contributed by atoms with Crippen molar-refractivity contribution in [2.24, 2.45) is 0 Å². The third kappa shape index (κ3) is 3.04. The van der Waals surface area contributed by atoms with Gasteiger partial charge in [0.1, 0.15) is 11.9 Å². The fraction of sp³-hybridized carbons (Fsp3) is 0.250. The molecule has 0 bridgehead atoms. The van der Waals surface area contributed by atoms with E-state index < -0.39 is 6.10 Å². The Labute approximate surface area is 121 Å². The van der Waals surface area contributed by atoms with Crippen LogP contribution >= 0.6 is 15.9 Å². The molecule has 0 aliphatic carbocycles. The molecular formula is C16H16BrFO. The number of benzene rings is 2. The normalized spacial score (nSPS) is 12.5. The molecule has 0 aliphatic rings. The van der Waals surface area contributed by atoms with Gasteiger partial charge in [0.15, 0.2) is 0 Å². The zero-order valence-electron chi connectivity index (χ0n) is 11.2. The van der Waals surface area contributed by atoms with Crippen LogP contribution in [0.2, 0.25) is 0 Å². The van der Waals surface area contributed by atoms with Crippen LogP contribution in [-0.4, -0.2) is 5.11 Å². The first-order chi connectivity index (χ1) is 8.88. The van der Waals surface area contributed by atoms with Gasteiger partial charge in [-0.15, -0.1) is 0 Å². The van der Waals surface area contributed by atoms with E-state index in [1.807, 2.05) is 39.0 Å². The lowest BCUT2D eigenvalue weighted by atomic mass is 9.95. The molecule has 1 unspecified atom stereocenters. The summed E-state index contributed by atoms with van der Waals surface area (Å²) in [5.74, 6) is -0.319. The molecular weight excluding hydrogens is 307 g/mol. The third-order valence-electron chi connectivity index (χ3n) is 3.22. The van der Waals surface area contributed by atoms with Crippen LogP contribution in [0.25, 0.3) is 0 Å². The van der Waals surface area contributed by atoms with Crippen LogP contribution in [0.15, 0.2) is 34.8 Å². The lowest BCUT2D eigenvalue weighted by Gasteiger charge is -2.16. The largest absolute Gasteiger partial charge is 0.384 e. The van der Waals surface area contributed by atoms with Crippen LogP contribution in [0.1, 0.15) is 33.9 Å². The minimum Gasteiger partial charge on any atom is -0.384 e. The Bertz CT molecular complexity index is 602. The van der Waals surface area contributed by atoms with Crippen molar-refractivity contribution in [1.82, 2.24) is 0 Å². The predicted octanol–water partition coefficient (Wildman–Crippen LogP) is 4.60. The summed E-state index contributed by atoms with van der Waals surface area (Å²) < 4.78 is 14.4. The fourth-order valence-corrected chi connectivity index (χ4v) is 2.66. The molecule has 0 saturated carbocycles. The Morgan fingerprint density at radius 3 is 2.32 bits per heavy atom. The van der Waals surface area contributed by atoms with E-state index in [0.717, 1.165) is 26.7 Å². The minimum atomic E-state index is -0.804. The van der Waals surface area contributed by atoms with Gasteiger partial charge in [-0.2, -0.15) is 0 Å². The molecule has 2 aromatic carbocycles. The maximum absolute atomic E-state index is 13.4. The van der Waals surface area contributed by atoms with E-state index in [1.165, 1.54) is 12.1 Å². The highest BCUT2D eigenvalue weighted by Crippen LogP contribution is 2.30. The summed E-state index contributed by atoms with van der Waals surface area (Å²) >= 11 is 3.47. The lowest BCUT2D eigenvalue weighted by molar-refractivity contribution is 0.219. The van der Waals surface area contributed by atoms with Gasteiger partial charge >= 0.3 is 0 Å².